The Hall–Kier alpha value is -2.03. The van der Waals surface area contributed by atoms with E-state index < -0.39 is 0 Å². The third kappa shape index (κ3) is 2.56. The van der Waals surface area contributed by atoms with Crippen LogP contribution in [0.25, 0.3) is 0 Å². The monoisotopic (exact) mass is 229 g/mol. The van der Waals surface area contributed by atoms with Crippen LogP contribution in [0.1, 0.15) is 21.6 Å². The number of ether oxygens (including phenoxy) is 1. The van der Waals surface area contributed by atoms with Gasteiger partial charge in [0.15, 0.2) is 0 Å². The van der Waals surface area contributed by atoms with E-state index in [-0.39, 0.29) is 5.97 Å². The van der Waals surface area contributed by atoms with Gasteiger partial charge in [-0.25, -0.2) is 4.79 Å². The van der Waals surface area contributed by atoms with Crippen molar-refractivity contribution in [1.82, 2.24) is 4.57 Å². The quantitative estimate of drug-likeness (QED) is 0.758. The second-order valence-corrected chi connectivity index (χ2v) is 4.01. The minimum Gasteiger partial charge on any atom is -0.456 e. The normalized spacial score (nSPS) is 10.2. The van der Waals surface area contributed by atoms with Crippen molar-refractivity contribution in [3.05, 3.63) is 59.4 Å². The lowest BCUT2D eigenvalue weighted by Crippen LogP contribution is -2.09. The molecule has 3 nitrogen and oxygen atoms in total. The van der Waals surface area contributed by atoms with Crippen molar-refractivity contribution in [2.75, 3.05) is 0 Å². The second kappa shape index (κ2) is 4.87. The number of benzene rings is 1. The molecule has 0 bridgehead atoms. The summed E-state index contributed by atoms with van der Waals surface area (Å²) in [6.07, 6.45) is 1.82. The molecule has 0 aliphatic heterocycles. The van der Waals surface area contributed by atoms with Crippen LogP contribution in [0.15, 0.2) is 42.6 Å². The summed E-state index contributed by atoms with van der Waals surface area (Å²) in [5, 5.41) is 0. The summed E-state index contributed by atoms with van der Waals surface area (Å²) in [7, 11) is 1.82. The molecule has 88 valence electrons. The van der Waals surface area contributed by atoms with Gasteiger partial charge in [0.2, 0.25) is 0 Å². The van der Waals surface area contributed by atoms with Crippen LogP contribution in [0.5, 0.6) is 0 Å². The molecular formula is C14H15NO2. The molecule has 0 spiro atoms. The first-order chi connectivity index (χ1) is 8.18. The number of carbonyl (C=O) groups excluding carboxylic acids is 1. The fraction of sp³-hybridized carbons (Fsp3) is 0.214. The largest absolute Gasteiger partial charge is 0.456 e. The molecule has 0 aliphatic rings. The summed E-state index contributed by atoms with van der Waals surface area (Å²) in [5.41, 5.74) is 2.74. The minimum atomic E-state index is -0.291. The van der Waals surface area contributed by atoms with Gasteiger partial charge in [0.25, 0.3) is 0 Å². The predicted molar refractivity (Wildman–Crippen MR) is 65.7 cm³/mol. The van der Waals surface area contributed by atoms with Crippen molar-refractivity contribution in [2.45, 2.75) is 13.5 Å². The lowest BCUT2D eigenvalue weighted by Gasteiger charge is -2.07. The van der Waals surface area contributed by atoms with Crippen LogP contribution >= 0.6 is 0 Å². The third-order valence-corrected chi connectivity index (χ3v) is 2.77. The van der Waals surface area contributed by atoms with E-state index in [1.807, 2.05) is 50.5 Å². The maximum Gasteiger partial charge on any atom is 0.355 e. The first-order valence-electron chi connectivity index (χ1n) is 5.51. The summed E-state index contributed by atoms with van der Waals surface area (Å²) in [6, 6.07) is 11.5. The molecular weight excluding hydrogens is 214 g/mol. The molecule has 0 fully saturated rings. The highest BCUT2D eigenvalue weighted by Gasteiger charge is 2.10. The standard InChI is InChI=1S/C14H15NO2/c1-11-6-3-4-7-12(11)10-17-14(16)13-8-5-9-15(13)2/h3-9H,10H2,1-2H3. The van der Waals surface area contributed by atoms with Crippen molar-refractivity contribution < 1.29 is 9.53 Å². The number of rotatable bonds is 3. The number of carbonyl (C=O) groups is 1. The number of aryl methyl sites for hydroxylation is 2. The molecule has 0 saturated carbocycles. The molecule has 0 radical (unpaired) electrons. The Balaban J connectivity index is 2.02. The van der Waals surface area contributed by atoms with Crippen molar-refractivity contribution in [2.24, 2.45) is 7.05 Å². The zero-order valence-electron chi connectivity index (χ0n) is 10.0. The van der Waals surface area contributed by atoms with Gasteiger partial charge >= 0.3 is 5.97 Å². The summed E-state index contributed by atoms with van der Waals surface area (Å²) in [5.74, 6) is -0.291. The fourth-order valence-electron chi connectivity index (χ4n) is 1.66. The number of hydrogen-bond donors (Lipinski definition) is 0. The van der Waals surface area contributed by atoms with Gasteiger partial charge in [-0.05, 0) is 30.2 Å². The molecule has 0 saturated heterocycles. The maximum atomic E-state index is 11.8. The van der Waals surface area contributed by atoms with Gasteiger partial charge in [0.1, 0.15) is 12.3 Å². The van der Waals surface area contributed by atoms with Crippen LogP contribution in [-0.4, -0.2) is 10.5 Å². The zero-order chi connectivity index (χ0) is 12.3. The van der Waals surface area contributed by atoms with E-state index in [4.69, 9.17) is 4.74 Å². The zero-order valence-corrected chi connectivity index (χ0v) is 10.0. The number of esters is 1. The first-order valence-corrected chi connectivity index (χ1v) is 5.51. The second-order valence-electron chi connectivity index (χ2n) is 4.01. The van der Waals surface area contributed by atoms with Crippen LogP contribution in [0.3, 0.4) is 0 Å². The number of hydrogen-bond acceptors (Lipinski definition) is 2. The van der Waals surface area contributed by atoms with Crippen LogP contribution in [0.2, 0.25) is 0 Å². The van der Waals surface area contributed by atoms with E-state index >= 15 is 0 Å². The van der Waals surface area contributed by atoms with Crippen LogP contribution in [0, 0.1) is 6.92 Å². The van der Waals surface area contributed by atoms with Gasteiger partial charge in [0.05, 0.1) is 0 Å². The fourth-order valence-corrected chi connectivity index (χ4v) is 1.66. The molecule has 0 unspecified atom stereocenters. The molecule has 3 heteroatoms. The average Bonchev–Trinajstić information content (AvgIpc) is 2.74. The highest BCUT2D eigenvalue weighted by molar-refractivity contribution is 5.87. The van der Waals surface area contributed by atoms with E-state index in [2.05, 4.69) is 0 Å². The topological polar surface area (TPSA) is 31.2 Å². The molecule has 0 N–H and O–H groups in total. The number of aromatic nitrogens is 1. The summed E-state index contributed by atoms with van der Waals surface area (Å²) >= 11 is 0. The highest BCUT2D eigenvalue weighted by atomic mass is 16.5. The Morgan fingerprint density at radius 1 is 1.24 bits per heavy atom. The maximum absolute atomic E-state index is 11.8. The third-order valence-electron chi connectivity index (χ3n) is 2.77. The Bertz CT molecular complexity index is 529. The van der Waals surface area contributed by atoms with Crippen LogP contribution in [0.4, 0.5) is 0 Å². The van der Waals surface area contributed by atoms with E-state index in [9.17, 15) is 4.79 Å². The van der Waals surface area contributed by atoms with Crippen LogP contribution < -0.4 is 0 Å². The smallest absolute Gasteiger partial charge is 0.355 e. The van der Waals surface area contributed by atoms with Crippen molar-refractivity contribution in [3.8, 4) is 0 Å². The molecule has 0 amide bonds. The van der Waals surface area contributed by atoms with Gasteiger partial charge in [-0.2, -0.15) is 0 Å². The molecule has 1 heterocycles. The average molecular weight is 229 g/mol. The molecule has 0 aliphatic carbocycles. The van der Waals surface area contributed by atoms with Crippen molar-refractivity contribution in [1.29, 1.82) is 0 Å². The SMILES string of the molecule is Cc1ccccc1COC(=O)c1cccn1C. The summed E-state index contributed by atoms with van der Waals surface area (Å²) in [6.45, 7) is 2.32. The van der Waals surface area contributed by atoms with Gasteiger partial charge in [-0.3, -0.25) is 0 Å². The Morgan fingerprint density at radius 3 is 2.65 bits per heavy atom. The molecule has 0 atom stereocenters. The van der Waals surface area contributed by atoms with Crippen molar-refractivity contribution in [3.63, 3.8) is 0 Å². The van der Waals surface area contributed by atoms with Crippen molar-refractivity contribution >= 4 is 5.97 Å². The van der Waals surface area contributed by atoms with Gasteiger partial charge in [0, 0.05) is 13.2 Å². The molecule has 1 aromatic carbocycles. The lowest BCUT2D eigenvalue weighted by atomic mass is 10.1. The van der Waals surface area contributed by atoms with E-state index in [1.165, 1.54) is 0 Å². The van der Waals surface area contributed by atoms with Gasteiger partial charge in [-0.1, -0.05) is 24.3 Å². The lowest BCUT2D eigenvalue weighted by molar-refractivity contribution is 0.0461. The molecule has 1 aromatic heterocycles. The summed E-state index contributed by atoms with van der Waals surface area (Å²) in [4.78, 5) is 11.8. The van der Waals surface area contributed by atoms with Crippen LogP contribution in [-0.2, 0) is 18.4 Å². The highest BCUT2D eigenvalue weighted by Crippen LogP contribution is 2.10. The van der Waals surface area contributed by atoms with Gasteiger partial charge in [-0.15, -0.1) is 0 Å². The first kappa shape index (κ1) is 11.5. The molecule has 2 aromatic rings. The Morgan fingerprint density at radius 2 is 2.00 bits per heavy atom. The molecule has 17 heavy (non-hydrogen) atoms. The minimum absolute atomic E-state index is 0.291. The van der Waals surface area contributed by atoms with E-state index in [0.717, 1.165) is 11.1 Å². The summed E-state index contributed by atoms with van der Waals surface area (Å²) < 4.78 is 7.02. The molecule has 2 rings (SSSR count). The van der Waals surface area contributed by atoms with Gasteiger partial charge < -0.3 is 9.30 Å². The predicted octanol–water partition coefficient (Wildman–Crippen LogP) is 2.69. The van der Waals surface area contributed by atoms with E-state index in [0.29, 0.717) is 12.3 Å². The Labute approximate surface area is 101 Å². The van der Waals surface area contributed by atoms with E-state index in [1.54, 1.807) is 10.6 Å². The Kier molecular flexibility index (Phi) is 3.28. The number of nitrogens with zero attached hydrogens (tertiary/aromatic N) is 1.